The second kappa shape index (κ2) is 11.6. The molecule has 0 bridgehead atoms. The molecule has 2 rings (SSSR count). The summed E-state index contributed by atoms with van der Waals surface area (Å²) in [4.78, 5) is 19.7. The van der Waals surface area contributed by atoms with Gasteiger partial charge in [-0.25, -0.2) is 4.99 Å². The van der Waals surface area contributed by atoms with Crippen LogP contribution in [0, 0.1) is 0 Å². The second-order valence-corrected chi connectivity index (χ2v) is 7.04. The number of likely N-dealkylation sites (N-methyl/N-ethyl adjacent to an activating group) is 1. The van der Waals surface area contributed by atoms with E-state index in [1.165, 1.54) is 17.0 Å². The molecule has 1 saturated heterocycles. The van der Waals surface area contributed by atoms with Crippen LogP contribution in [-0.2, 0) is 17.5 Å². The van der Waals surface area contributed by atoms with Crippen LogP contribution in [0.2, 0.25) is 0 Å². The number of nitrogens with one attached hydrogen (secondary N) is 2. The van der Waals surface area contributed by atoms with E-state index in [0.29, 0.717) is 19.0 Å². The van der Waals surface area contributed by atoms with E-state index in [4.69, 9.17) is 0 Å². The van der Waals surface area contributed by atoms with Crippen LogP contribution in [0.4, 0.5) is 13.2 Å². The quantitative estimate of drug-likeness (QED) is 0.340. The summed E-state index contributed by atoms with van der Waals surface area (Å²) in [7, 11) is 3.38. The lowest BCUT2D eigenvalue weighted by molar-refractivity contribution is -0.137. The van der Waals surface area contributed by atoms with Gasteiger partial charge in [-0.3, -0.25) is 9.69 Å². The summed E-state index contributed by atoms with van der Waals surface area (Å²) >= 11 is 0. The Morgan fingerprint density at radius 3 is 2.48 bits per heavy atom. The molecule has 1 atom stereocenters. The molecule has 2 N–H and O–H groups in total. The van der Waals surface area contributed by atoms with E-state index in [0.717, 1.165) is 37.2 Å². The molecule has 164 valence electrons. The van der Waals surface area contributed by atoms with E-state index in [1.54, 1.807) is 14.1 Å². The molecule has 0 aliphatic carbocycles. The highest BCUT2D eigenvalue weighted by molar-refractivity contribution is 14.0. The van der Waals surface area contributed by atoms with Crippen LogP contribution in [0.25, 0.3) is 0 Å². The third kappa shape index (κ3) is 8.37. The van der Waals surface area contributed by atoms with Gasteiger partial charge in [0.1, 0.15) is 6.54 Å². The Morgan fingerprint density at radius 1 is 1.28 bits per heavy atom. The summed E-state index contributed by atoms with van der Waals surface area (Å²) < 4.78 is 38.0. The van der Waals surface area contributed by atoms with Crippen LogP contribution in [0.1, 0.15) is 24.5 Å². The highest BCUT2D eigenvalue weighted by Gasteiger charge is 2.30. The molecule has 0 spiro atoms. The molecule has 0 saturated carbocycles. The van der Waals surface area contributed by atoms with Crippen LogP contribution in [0.15, 0.2) is 29.3 Å². The lowest BCUT2D eigenvalue weighted by atomic mass is 10.1. The lowest BCUT2D eigenvalue weighted by Gasteiger charge is -2.19. The minimum atomic E-state index is -4.31. The number of amides is 1. The summed E-state index contributed by atoms with van der Waals surface area (Å²) in [5, 5.41) is 6.47. The Hall–Kier alpha value is -1.56. The highest BCUT2D eigenvalue weighted by Crippen LogP contribution is 2.29. The van der Waals surface area contributed by atoms with Gasteiger partial charge in [-0.15, -0.1) is 24.0 Å². The zero-order valence-corrected chi connectivity index (χ0v) is 19.3. The first-order chi connectivity index (χ1) is 13.2. The maximum absolute atomic E-state index is 12.7. The predicted molar refractivity (Wildman–Crippen MR) is 118 cm³/mol. The van der Waals surface area contributed by atoms with Crippen LogP contribution in [-0.4, -0.2) is 68.0 Å². The topological polar surface area (TPSA) is 60.0 Å². The average molecular weight is 527 g/mol. The molecule has 1 aromatic carbocycles. The van der Waals surface area contributed by atoms with E-state index < -0.39 is 11.7 Å². The number of alkyl halides is 3. The Labute approximate surface area is 186 Å². The van der Waals surface area contributed by atoms with Crippen LogP contribution in [0.3, 0.4) is 0 Å². The Balaban J connectivity index is 0.00000420. The fraction of sp³-hybridized carbons (Fsp3) is 0.579. The summed E-state index contributed by atoms with van der Waals surface area (Å²) in [6.45, 7) is 4.91. The van der Waals surface area contributed by atoms with Crippen molar-refractivity contribution in [1.82, 2.24) is 20.4 Å². The molecule has 0 radical (unpaired) electrons. The van der Waals surface area contributed by atoms with Gasteiger partial charge in [0.15, 0.2) is 5.96 Å². The van der Waals surface area contributed by atoms with Crippen molar-refractivity contribution in [3.05, 3.63) is 35.4 Å². The van der Waals surface area contributed by atoms with Crippen molar-refractivity contribution >= 4 is 35.8 Å². The average Bonchev–Trinajstić information content (AvgIpc) is 3.06. The number of nitrogens with zero attached hydrogens (tertiary/aromatic N) is 3. The Kier molecular flexibility index (Phi) is 10.2. The molecule has 10 heteroatoms. The highest BCUT2D eigenvalue weighted by atomic mass is 127. The molecular formula is C19H29F3IN5O. The van der Waals surface area contributed by atoms with E-state index >= 15 is 0 Å². The molecule has 1 fully saturated rings. The number of benzene rings is 1. The molecule has 1 unspecified atom stereocenters. The monoisotopic (exact) mass is 527 g/mol. The molecule has 1 heterocycles. The molecule has 0 aromatic heterocycles. The van der Waals surface area contributed by atoms with Gasteiger partial charge in [0.05, 0.1) is 5.56 Å². The number of halogens is 4. The van der Waals surface area contributed by atoms with Gasteiger partial charge in [-0.05, 0) is 31.0 Å². The summed E-state index contributed by atoms with van der Waals surface area (Å²) in [5.74, 6) is 0.520. The first-order valence-corrected chi connectivity index (χ1v) is 9.32. The van der Waals surface area contributed by atoms with Gasteiger partial charge < -0.3 is 15.5 Å². The number of hydrogen-bond acceptors (Lipinski definition) is 3. The van der Waals surface area contributed by atoms with E-state index in [1.807, 2.05) is 6.92 Å². The summed E-state index contributed by atoms with van der Waals surface area (Å²) in [5.41, 5.74) is 0.224. The number of carbonyl (C=O) groups excluding carboxylic acids is 1. The number of hydrogen-bond donors (Lipinski definition) is 2. The fourth-order valence-corrected chi connectivity index (χ4v) is 2.95. The van der Waals surface area contributed by atoms with Crippen LogP contribution < -0.4 is 10.6 Å². The molecular weight excluding hydrogens is 498 g/mol. The van der Waals surface area contributed by atoms with Crippen molar-refractivity contribution in [3.63, 3.8) is 0 Å². The molecule has 29 heavy (non-hydrogen) atoms. The van der Waals surface area contributed by atoms with Gasteiger partial charge >= 0.3 is 6.18 Å². The minimum absolute atomic E-state index is 0. The first-order valence-electron chi connectivity index (χ1n) is 9.32. The van der Waals surface area contributed by atoms with Crippen molar-refractivity contribution in [3.8, 4) is 0 Å². The molecule has 6 nitrogen and oxygen atoms in total. The largest absolute Gasteiger partial charge is 0.416 e. The molecule has 1 aliphatic heterocycles. The Morgan fingerprint density at radius 2 is 1.93 bits per heavy atom. The van der Waals surface area contributed by atoms with E-state index in [9.17, 15) is 18.0 Å². The number of likely N-dealkylation sites (tertiary alicyclic amines) is 1. The minimum Gasteiger partial charge on any atom is -0.357 e. The zero-order chi connectivity index (χ0) is 20.7. The van der Waals surface area contributed by atoms with Gasteiger partial charge in [0, 0.05) is 46.3 Å². The second-order valence-electron chi connectivity index (χ2n) is 7.04. The first kappa shape index (κ1) is 25.5. The third-order valence-electron chi connectivity index (χ3n) is 4.52. The predicted octanol–water partition coefficient (Wildman–Crippen LogP) is 2.54. The van der Waals surface area contributed by atoms with Gasteiger partial charge in [-0.1, -0.05) is 12.1 Å². The Bertz CT molecular complexity index is 679. The third-order valence-corrected chi connectivity index (χ3v) is 4.52. The maximum atomic E-state index is 12.7. The maximum Gasteiger partial charge on any atom is 0.416 e. The number of aliphatic imine (C=N–C) groups is 1. The molecule has 1 aliphatic rings. The number of rotatable bonds is 6. The molecule has 1 amide bonds. The van der Waals surface area contributed by atoms with Crippen molar-refractivity contribution in [2.45, 2.75) is 32.1 Å². The fourth-order valence-electron chi connectivity index (χ4n) is 2.95. The van der Waals surface area contributed by atoms with Crippen molar-refractivity contribution in [1.29, 1.82) is 0 Å². The van der Waals surface area contributed by atoms with Gasteiger partial charge in [0.25, 0.3) is 0 Å². The summed E-state index contributed by atoms with van der Waals surface area (Å²) in [6.07, 6.45) is -3.41. The number of carbonyl (C=O) groups is 1. The summed E-state index contributed by atoms with van der Waals surface area (Å²) in [6, 6.07) is 5.48. The molecule has 1 aromatic rings. The van der Waals surface area contributed by atoms with E-state index in [2.05, 4.69) is 20.5 Å². The van der Waals surface area contributed by atoms with Crippen molar-refractivity contribution < 1.29 is 18.0 Å². The van der Waals surface area contributed by atoms with Crippen molar-refractivity contribution in [2.75, 3.05) is 40.3 Å². The van der Waals surface area contributed by atoms with Gasteiger partial charge in [0.2, 0.25) is 5.91 Å². The van der Waals surface area contributed by atoms with Gasteiger partial charge in [-0.2, -0.15) is 13.2 Å². The van der Waals surface area contributed by atoms with Crippen LogP contribution in [0.5, 0.6) is 0 Å². The van der Waals surface area contributed by atoms with Crippen molar-refractivity contribution in [2.24, 2.45) is 4.99 Å². The SMILES string of the molecule is CCNC(=NCC(=O)N(C)C)NC1CCN(Cc2ccc(C(F)(F)F)cc2)C1.I. The standard InChI is InChI=1S/C19H28F3N5O.HI/c1-4-23-18(24-11-17(28)26(2)3)25-16-9-10-27(13-16)12-14-5-7-15(8-6-14)19(20,21)22;/h5-8,16H,4,9-13H2,1-3H3,(H2,23,24,25);1H. The smallest absolute Gasteiger partial charge is 0.357 e. The normalized spacial score (nSPS) is 17.6. The van der Waals surface area contributed by atoms with Crippen LogP contribution >= 0.6 is 24.0 Å². The zero-order valence-electron chi connectivity index (χ0n) is 16.9. The van der Waals surface area contributed by atoms with E-state index in [-0.39, 0.29) is 42.5 Å². The lowest BCUT2D eigenvalue weighted by Crippen LogP contribution is -2.45. The number of guanidine groups is 1.